The van der Waals surface area contributed by atoms with Crippen molar-refractivity contribution < 1.29 is 14.3 Å². The van der Waals surface area contributed by atoms with Crippen LogP contribution in [0.5, 0.6) is 5.75 Å². The van der Waals surface area contributed by atoms with Crippen LogP contribution in [0.3, 0.4) is 0 Å². The summed E-state index contributed by atoms with van der Waals surface area (Å²) in [5.74, 6) is 0.0709. The lowest BCUT2D eigenvalue weighted by Crippen LogP contribution is -2.40. The van der Waals surface area contributed by atoms with Gasteiger partial charge in [0, 0.05) is 5.56 Å². The highest BCUT2D eigenvalue weighted by Gasteiger charge is 2.13. The Hall–Kier alpha value is -2.08. The van der Waals surface area contributed by atoms with Gasteiger partial charge in [-0.2, -0.15) is 0 Å². The molecule has 0 spiro atoms. The Balaban J connectivity index is 2.56. The van der Waals surface area contributed by atoms with Crippen LogP contribution in [0.2, 0.25) is 0 Å². The minimum absolute atomic E-state index is 0.0878. The molecule has 1 atom stereocenters. The summed E-state index contributed by atoms with van der Waals surface area (Å²) in [6, 6.07) is 7.23. The third kappa shape index (κ3) is 4.59. The van der Waals surface area contributed by atoms with E-state index >= 15 is 0 Å². The molecule has 0 aliphatic rings. The van der Waals surface area contributed by atoms with Crippen LogP contribution >= 0.6 is 0 Å². The molecule has 0 saturated carbocycles. The number of nitrogens with two attached hydrogens (primary N) is 1. The van der Waals surface area contributed by atoms with E-state index in [-0.39, 0.29) is 30.9 Å². The predicted octanol–water partition coefficient (Wildman–Crippen LogP) is -0.0527. The summed E-state index contributed by atoms with van der Waals surface area (Å²) in [6.45, 7) is 1.63. The first kappa shape index (κ1) is 15.0. The second kappa shape index (κ2) is 7.38. The van der Waals surface area contributed by atoms with E-state index in [4.69, 9.17) is 10.5 Å². The summed E-state index contributed by atoms with van der Waals surface area (Å²) in [5, 5.41) is 5.19. The lowest BCUT2D eigenvalue weighted by molar-refractivity contribution is -0.125. The Morgan fingerprint density at radius 3 is 2.63 bits per heavy atom. The van der Waals surface area contributed by atoms with E-state index in [0.29, 0.717) is 5.75 Å². The summed E-state index contributed by atoms with van der Waals surface area (Å²) >= 11 is 0. The second-order valence-corrected chi connectivity index (χ2v) is 4.01. The molecular formula is C13H19N3O3. The molecule has 1 aromatic carbocycles. The van der Waals surface area contributed by atoms with Crippen molar-refractivity contribution in [3.05, 3.63) is 29.8 Å². The van der Waals surface area contributed by atoms with E-state index in [0.717, 1.165) is 5.56 Å². The van der Waals surface area contributed by atoms with Gasteiger partial charge in [-0.05, 0) is 13.0 Å². The lowest BCUT2D eigenvalue weighted by atomic mass is 10.1. The minimum atomic E-state index is -0.361. The van der Waals surface area contributed by atoms with Crippen molar-refractivity contribution in [1.29, 1.82) is 0 Å². The number of hydrogen-bond donors (Lipinski definition) is 3. The zero-order valence-electron chi connectivity index (χ0n) is 11.1. The van der Waals surface area contributed by atoms with Crippen molar-refractivity contribution in [3.63, 3.8) is 0 Å². The molecule has 0 aliphatic heterocycles. The van der Waals surface area contributed by atoms with Gasteiger partial charge < -0.3 is 21.1 Å². The second-order valence-electron chi connectivity index (χ2n) is 4.01. The number of hydrogen-bond acceptors (Lipinski definition) is 4. The summed E-state index contributed by atoms with van der Waals surface area (Å²) in [7, 11) is 1.58. The summed E-state index contributed by atoms with van der Waals surface area (Å²) in [6.07, 6.45) is 0. The molecule has 0 unspecified atom stereocenters. The van der Waals surface area contributed by atoms with Crippen LogP contribution < -0.4 is 21.1 Å². The Morgan fingerprint density at radius 2 is 2.00 bits per heavy atom. The van der Waals surface area contributed by atoms with Crippen LogP contribution in [0.4, 0.5) is 0 Å². The number of methoxy groups -OCH3 is 1. The average Bonchev–Trinajstić information content (AvgIpc) is 2.44. The number of ether oxygens (including phenoxy) is 1. The summed E-state index contributed by atoms with van der Waals surface area (Å²) in [5.41, 5.74) is 6.01. The van der Waals surface area contributed by atoms with Crippen LogP contribution in [-0.2, 0) is 9.59 Å². The van der Waals surface area contributed by atoms with E-state index in [1.165, 1.54) is 0 Å². The van der Waals surface area contributed by atoms with Crippen LogP contribution in [0.25, 0.3) is 0 Å². The molecule has 0 aromatic heterocycles. The fourth-order valence-electron chi connectivity index (χ4n) is 1.65. The normalized spacial score (nSPS) is 11.5. The van der Waals surface area contributed by atoms with E-state index in [1.54, 1.807) is 7.11 Å². The van der Waals surface area contributed by atoms with Crippen molar-refractivity contribution in [2.45, 2.75) is 13.0 Å². The summed E-state index contributed by atoms with van der Waals surface area (Å²) in [4.78, 5) is 22.6. The molecule has 19 heavy (non-hydrogen) atoms. The Kier molecular flexibility index (Phi) is 5.81. The first-order valence-electron chi connectivity index (χ1n) is 5.97. The van der Waals surface area contributed by atoms with E-state index in [9.17, 15) is 9.59 Å². The molecule has 0 aliphatic carbocycles. The number of nitrogens with one attached hydrogen (secondary N) is 2. The zero-order valence-corrected chi connectivity index (χ0v) is 11.1. The van der Waals surface area contributed by atoms with Crippen molar-refractivity contribution >= 4 is 11.8 Å². The fourth-order valence-corrected chi connectivity index (χ4v) is 1.65. The van der Waals surface area contributed by atoms with Gasteiger partial charge in [-0.3, -0.25) is 9.59 Å². The maximum absolute atomic E-state index is 11.6. The molecule has 1 rings (SSSR count). The number of rotatable bonds is 6. The smallest absolute Gasteiger partial charge is 0.239 e. The first-order valence-corrected chi connectivity index (χ1v) is 5.97. The Morgan fingerprint density at radius 1 is 1.32 bits per heavy atom. The maximum atomic E-state index is 11.6. The zero-order chi connectivity index (χ0) is 14.3. The van der Waals surface area contributed by atoms with Crippen LogP contribution in [0.1, 0.15) is 18.5 Å². The van der Waals surface area contributed by atoms with Gasteiger partial charge in [-0.25, -0.2) is 0 Å². The molecule has 0 bridgehead atoms. The molecule has 6 nitrogen and oxygen atoms in total. The van der Waals surface area contributed by atoms with E-state index < -0.39 is 0 Å². The largest absolute Gasteiger partial charge is 0.496 e. The van der Waals surface area contributed by atoms with Gasteiger partial charge in [-0.1, -0.05) is 18.2 Å². The monoisotopic (exact) mass is 265 g/mol. The van der Waals surface area contributed by atoms with Crippen molar-refractivity contribution in [2.24, 2.45) is 5.73 Å². The number of carbonyl (C=O) groups is 2. The van der Waals surface area contributed by atoms with E-state index in [2.05, 4.69) is 10.6 Å². The quantitative estimate of drug-likeness (QED) is 0.672. The SMILES string of the molecule is COc1ccccc1[C@@H](C)NC(=O)CNC(=O)CN. The van der Waals surface area contributed by atoms with Gasteiger partial charge in [0.1, 0.15) is 5.75 Å². The molecule has 0 radical (unpaired) electrons. The third-order valence-corrected chi connectivity index (χ3v) is 2.61. The van der Waals surface area contributed by atoms with Gasteiger partial charge in [0.15, 0.2) is 0 Å². The maximum Gasteiger partial charge on any atom is 0.239 e. The molecule has 0 heterocycles. The number of carbonyl (C=O) groups excluding carboxylic acids is 2. The van der Waals surface area contributed by atoms with Gasteiger partial charge >= 0.3 is 0 Å². The predicted molar refractivity (Wildman–Crippen MR) is 71.6 cm³/mol. The van der Waals surface area contributed by atoms with Crippen molar-refractivity contribution in [1.82, 2.24) is 10.6 Å². The Labute approximate surface area is 112 Å². The number of benzene rings is 1. The van der Waals surface area contributed by atoms with Crippen LogP contribution in [0, 0.1) is 0 Å². The number of amides is 2. The molecule has 1 aromatic rings. The number of para-hydroxylation sites is 1. The highest BCUT2D eigenvalue weighted by Crippen LogP contribution is 2.23. The highest BCUT2D eigenvalue weighted by molar-refractivity contribution is 5.85. The molecule has 2 amide bonds. The minimum Gasteiger partial charge on any atom is -0.496 e. The lowest BCUT2D eigenvalue weighted by Gasteiger charge is -2.17. The Bertz CT molecular complexity index is 449. The first-order chi connectivity index (χ1) is 9.08. The van der Waals surface area contributed by atoms with Gasteiger partial charge in [0.2, 0.25) is 11.8 Å². The molecule has 4 N–H and O–H groups in total. The average molecular weight is 265 g/mol. The highest BCUT2D eigenvalue weighted by atomic mass is 16.5. The molecular weight excluding hydrogens is 246 g/mol. The van der Waals surface area contributed by atoms with Crippen LogP contribution in [-0.4, -0.2) is 32.0 Å². The topological polar surface area (TPSA) is 93.5 Å². The van der Waals surface area contributed by atoms with Crippen molar-refractivity contribution in [3.8, 4) is 5.75 Å². The molecule has 0 fully saturated rings. The van der Waals surface area contributed by atoms with E-state index in [1.807, 2.05) is 31.2 Å². The summed E-state index contributed by atoms with van der Waals surface area (Å²) < 4.78 is 5.23. The fraction of sp³-hybridized carbons (Fsp3) is 0.385. The molecule has 0 saturated heterocycles. The molecule has 104 valence electrons. The van der Waals surface area contributed by atoms with Gasteiger partial charge in [0.25, 0.3) is 0 Å². The van der Waals surface area contributed by atoms with Gasteiger partial charge in [-0.15, -0.1) is 0 Å². The van der Waals surface area contributed by atoms with Gasteiger partial charge in [0.05, 0.1) is 26.2 Å². The standard InChI is InChI=1S/C13H19N3O3/c1-9(10-5-3-4-6-11(10)19-2)16-13(18)8-15-12(17)7-14/h3-6,9H,7-8,14H2,1-2H3,(H,15,17)(H,16,18)/t9-/m1/s1. The third-order valence-electron chi connectivity index (χ3n) is 2.61. The van der Waals surface area contributed by atoms with Crippen molar-refractivity contribution in [2.75, 3.05) is 20.2 Å². The van der Waals surface area contributed by atoms with Crippen LogP contribution in [0.15, 0.2) is 24.3 Å². The molecule has 6 heteroatoms.